The molecule has 0 bridgehead atoms. The highest BCUT2D eigenvalue weighted by atomic mass is 16.5. The number of carboxylic acid groups (broad SMARTS) is 1. The number of ether oxygens (including phenoxy) is 1. The maximum atomic E-state index is 11.0. The van der Waals surface area contributed by atoms with Crippen molar-refractivity contribution in [3.8, 4) is 0 Å². The van der Waals surface area contributed by atoms with Crippen LogP contribution in [0.15, 0.2) is 11.8 Å². The molecule has 1 rings (SSSR count). The Morgan fingerprint density at radius 1 is 1.67 bits per heavy atom. The van der Waals surface area contributed by atoms with E-state index in [4.69, 9.17) is 9.84 Å². The van der Waals surface area contributed by atoms with E-state index in [-0.39, 0.29) is 12.5 Å². The van der Waals surface area contributed by atoms with Crippen molar-refractivity contribution in [1.29, 1.82) is 0 Å². The third kappa shape index (κ3) is 2.26. The summed E-state index contributed by atoms with van der Waals surface area (Å²) < 4.78 is 4.81. The van der Waals surface area contributed by atoms with Gasteiger partial charge in [0, 0.05) is 6.42 Å². The van der Waals surface area contributed by atoms with Crippen LogP contribution in [-0.2, 0) is 14.3 Å². The van der Waals surface area contributed by atoms with Crippen LogP contribution in [0.2, 0.25) is 0 Å². The Hall–Kier alpha value is -1.52. The monoisotopic (exact) mass is 171 g/mol. The number of aliphatic carboxylic acids is 1. The van der Waals surface area contributed by atoms with Gasteiger partial charge in [-0.05, 0) is 0 Å². The first kappa shape index (κ1) is 8.58. The lowest BCUT2D eigenvalue weighted by atomic mass is 10.2. The minimum atomic E-state index is -1.05. The fourth-order valence-electron chi connectivity index (χ4n) is 0.824. The molecule has 1 amide bonds. The van der Waals surface area contributed by atoms with Gasteiger partial charge in [0.2, 0.25) is 0 Å². The fourth-order valence-corrected chi connectivity index (χ4v) is 0.824. The highest BCUT2D eigenvalue weighted by Crippen LogP contribution is 2.09. The highest BCUT2D eigenvalue weighted by Gasteiger charge is 2.14. The quantitative estimate of drug-likeness (QED) is 0.599. The average Bonchev–Trinajstić information content (AvgIpc) is 2.51. The number of rotatable bonds is 3. The van der Waals surface area contributed by atoms with Gasteiger partial charge in [-0.15, -0.1) is 0 Å². The molecule has 0 spiro atoms. The van der Waals surface area contributed by atoms with Crippen LogP contribution in [-0.4, -0.2) is 30.1 Å². The summed E-state index contributed by atoms with van der Waals surface area (Å²) in [6.45, 7) is 0.145. The fraction of sp³-hybridized carbons (Fsp3) is 0.429. The summed E-state index contributed by atoms with van der Waals surface area (Å²) in [6.07, 6.45) is 1.91. The Kier molecular flexibility index (Phi) is 2.68. The number of carbonyl (C=O) groups is 2. The first-order chi connectivity index (χ1) is 5.70. The van der Waals surface area contributed by atoms with Crippen molar-refractivity contribution in [2.45, 2.75) is 6.42 Å². The van der Waals surface area contributed by atoms with Gasteiger partial charge in [0.05, 0.1) is 18.4 Å². The Morgan fingerprint density at radius 3 is 2.92 bits per heavy atom. The molecule has 66 valence electrons. The van der Waals surface area contributed by atoms with Gasteiger partial charge in [0.25, 0.3) is 5.91 Å². The SMILES string of the molecule is O=C(O)CNC(=O)C1=COCC1. The van der Waals surface area contributed by atoms with E-state index in [0.717, 1.165) is 0 Å². The molecule has 5 heteroatoms. The molecule has 0 aromatic rings. The van der Waals surface area contributed by atoms with Crippen molar-refractivity contribution >= 4 is 11.9 Å². The zero-order chi connectivity index (χ0) is 8.97. The molecule has 1 aliphatic rings. The van der Waals surface area contributed by atoms with E-state index in [1.54, 1.807) is 0 Å². The van der Waals surface area contributed by atoms with Crippen LogP contribution in [0.3, 0.4) is 0 Å². The summed E-state index contributed by atoms with van der Waals surface area (Å²) in [5.74, 6) is -1.42. The van der Waals surface area contributed by atoms with Gasteiger partial charge in [-0.1, -0.05) is 0 Å². The lowest BCUT2D eigenvalue weighted by molar-refractivity contribution is -0.137. The Labute approximate surface area is 69.0 Å². The Bertz CT molecular complexity index is 234. The van der Waals surface area contributed by atoms with Crippen molar-refractivity contribution in [2.24, 2.45) is 0 Å². The lowest BCUT2D eigenvalue weighted by Crippen LogP contribution is -2.30. The van der Waals surface area contributed by atoms with Gasteiger partial charge in [0.15, 0.2) is 0 Å². The molecule has 0 aromatic carbocycles. The first-order valence-corrected chi connectivity index (χ1v) is 3.51. The maximum absolute atomic E-state index is 11.0. The van der Waals surface area contributed by atoms with E-state index >= 15 is 0 Å². The summed E-state index contributed by atoms with van der Waals surface area (Å²) in [5, 5.41) is 10.5. The number of nitrogens with one attached hydrogen (secondary N) is 1. The second-order valence-electron chi connectivity index (χ2n) is 2.34. The molecule has 2 N–H and O–H groups in total. The smallest absolute Gasteiger partial charge is 0.322 e. The van der Waals surface area contributed by atoms with E-state index in [9.17, 15) is 9.59 Å². The second kappa shape index (κ2) is 3.75. The van der Waals surface area contributed by atoms with Crippen LogP contribution < -0.4 is 5.32 Å². The summed E-state index contributed by atoms with van der Waals surface area (Å²) in [4.78, 5) is 21.1. The number of hydrogen-bond donors (Lipinski definition) is 2. The van der Waals surface area contributed by atoms with Crippen molar-refractivity contribution in [2.75, 3.05) is 13.2 Å². The van der Waals surface area contributed by atoms with E-state index < -0.39 is 5.97 Å². The molecule has 1 aliphatic heterocycles. The lowest BCUT2D eigenvalue weighted by Gasteiger charge is -1.99. The average molecular weight is 171 g/mol. The van der Waals surface area contributed by atoms with Gasteiger partial charge < -0.3 is 15.2 Å². The predicted molar refractivity (Wildman–Crippen MR) is 39.3 cm³/mol. The molecule has 1 heterocycles. The third-order valence-electron chi connectivity index (χ3n) is 1.41. The summed E-state index contributed by atoms with van der Waals surface area (Å²) >= 11 is 0. The normalized spacial score (nSPS) is 14.8. The number of amides is 1. The molecule has 0 fully saturated rings. The van der Waals surface area contributed by atoms with E-state index in [1.807, 2.05) is 0 Å². The van der Waals surface area contributed by atoms with Crippen LogP contribution in [0.25, 0.3) is 0 Å². The number of carboxylic acids is 1. The zero-order valence-corrected chi connectivity index (χ0v) is 6.37. The van der Waals surface area contributed by atoms with E-state index in [0.29, 0.717) is 18.6 Å². The molecule has 0 saturated heterocycles. The molecular weight excluding hydrogens is 162 g/mol. The van der Waals surface area contributed by atoms with Crippen molar-refractivity contribution in [1.82, 2.24) is 5.32 Å². The molecule has 0 radical (unpaired) electrons. The molecule has 0 aromatic heterocycles. The summed E-state index contributed by atoms with van der Waals surface area (Å²) in [7, 11) is 0. The van der Waals surface area contributed by atoms with E-state index in [2.05, 4.69) is 5.32 Å². The molecule has 12 heavy (non-hydrogen) atoms. The predicted octanol–water partition coefficient (Wildman–Crippen LogP) is -0.509. The molecule has 0 unspecified atom stereocenters. The van der Waals surface area contributed by atoms with Gasteiger partial charge in [-0.3, -0.25) is 9.59 Å². The van der Waals surface area contributed by atoms with Gasteiger partial charge >= 0.3 is 5.97 Å². The number of carbonyl (C=O) groups excluding carboxylic acids is 1. The standard InChI is InChI=1S/C7H9NO4/c9-6(10)3-8-7(11)5-1-2-12-4-5/h4H,1-3H2,(H,8,11)(H,9,10). The van der Waals surface area contributed by atoms with Crippen LogP contribution in [0.1, 0.15) is 6.42 Å². The van der Waals surface area contributed by atoms with Crippen LogP contribution in [0.5, 0.6) is 0 Å². The maximum Gasteiger partial charge on any atom is 0.322 e. The van der Waals surface area contributed by atoms with Crippen LogP contribution in [0.4, 0.5) is 0 Å². The van der Waals surface area contributed by atoms with Crippen molar-refractivity contribution < 1.29 is 19.4 Å². The molecule has 5 nitrogen and oxygen atoms in total. The van der Waals surface area contributed by atoms with Crippen molar-refractivity contribution in [3.63, 3.8) is 0 Å². The molecular formula is C7H9NO4. The Morgan fingerprint density at radius 2 is 2.42 bits per heavy atom. The zero-order valence-electron chi connectivity index (χ0n) is 6.37. The summed E-state index contributed by atoms with van der Waals surface area (Å²) in [5.41, 5.74) is 0.497. The van der Waals surface area contributed by atoms with Gasteiger partial charge in [-0.25, -0.2) is 0 Å². The molecule has 0 saturated carbocycles. The topological polar surface area (TPSA) is 75.6 Å². The minimum absolute atomic E-state index is 0.351. The van der Waals surface area contributed by atoms with E-state index in [1.165, 1.54) is 6.26 Å². The number of hydrogen-bond acceptors (Lipinski definition) is 3. The summed E-state index contributed by atoms with van der Waals surface area (Å²) in [6, 6.07) is 0. The van der Waals surface area contributed by atoms with Crippen LogP contribution >= 0.6 is 0 Å². The minimum Gasteiger partial charge on any atom is -0.500 e. The molecule has 0 atom stereocenters. The largest absolute Gasteiger partial charge is 0.500 e. The van der Waals surface area contributed by atoms with Gasteiger partial charge in [0.1, 0.15) is 6.54 Å². The first-order valence-electron chi connectivity index (χ1n) is 3.51. The van der Waals surface area contributed by atoms with Gasteiger partial charge in [-0.2, -0.15) is 0 Å². The van der Waals surface area contributed by atoms with Crippen LogP contribution in [0, 0.1) is 0 Å². The third-order valence-corrected chi connectivity index (χ3v) is 1.41. The van der Waals surface area contributed by atoms with Crippen molar-refractivity contribution in [3.05, 3.63) is 11.8 Å². The second-order valence-corrected chi connectivity index (χ2v) is 2.34. The highest BCUT2D eigenvalue weighted by molar-refractivity contribution is 5.95. The molecule has 0 aliphatic carbocycles. The Balaban J connectivity index is 2.33.